The topological polar surface area (TPSA) is 20.2 Å². The average molecular weight is 366 g/mol. The summed E-state index contributed by atoms with van der Waals surface area (Å²) < 4.78 is 1.65. The van der Waals surface area contributed by atoms with Gasteiger partial charge in [0.25, 0.3) is 0 Å². The summed E-state index contributed by atoms with van der Waals surface area (Å²) in [6.45, 7) is 2.26. The number of unbranched alkanes of at least 4 members (excludes halogenated alkanes) is 1. The Balaban J connectivity index is 1.87. The molecule has 0 saturated heterocycles. The van der Waals surface area contributed by atoms with Gasteiger partial charge in [0.2, 0.25) is 0 Å². The first-order valence-corrected chi connectivity index (χ1v) is 9.23. The number of thiophene rings is 1. The van der Waals surface area contributed by atoms with Gasteiger partial charge in [-0.3, -0.25) is 0 Å². The molecular formula is C15H22BrClOS. The highest BCUT2D eigenvalue weighted by atomic mass is 79.9. The Bertz CT molecular complexity index is 379. The molecule has 0 aromatic carbocycles. The number of halogens is 2. The summed E-state index contributed by atoms with van der Waals surface area (Å²) in [6.07, 6.45) is 8.56. The van der Waals surface area contributed by atoms with Crippen LogP contribution in [0.4, 0.5) is 0 Å². The van der Waals surface area contributed by atoms with Crippen molar-refractivity contribution in [2.75, 3.05) is 0 Å². The lowest BCUT2D eigenvalue weighted by atomic mass is 9.77. The van der Waals surface area contributed by atoms with Crippen LogP contribution in [0.15, 0.2) is 10.5 Å². The van der Waals surface area contributed by atoms with Crippen LogP contribution in [0.1, 0.15) is 62.9 Å². The van der Waals surface area contributed by atoms with E-state index in [9.17, 15) is 5.11 Å². The minimum Gasteiger partial charge on any atom is -0.387 e. The van der Waals surface area contributed by atoms with Crippen LogP contribution in [-0.4, -0.2) is 5.11 Å². The van der Waals surface area contributed by atoms with Crippen LogP contribution in [0.5, 0.6) is 0 Å². The molecule has 0 amide bonds. The molecule has 1 aromatic rings. The maximum atomic E-state index is 10.5. The van der Waals surface area contributed by atoms with E-state index in [1.165, 1.54) is 43.4 Å². The zero-order valence-electron chi connectivity index (χ0n) is 11.4. The summed E-state index contributed by atoms with van der Waals surface area (Å²) in [7, 11) is 0. The van der Waals surface area contributed by atoms with E-state index >= 15 is 0 Å². The maximum Gasteiger partial charge on any atom is 0.107 e. The van der Waals surface area contributed by atoms with Crippen LogP contribution in [0.3, 0.4) is 0 Å². The van der Waals surface area contributed by atoms with Crippen LogP contribution >= 0.6 is 38.9 Å². The van der Waals surface area contributed by atoms with Gasteiger partial charge in [-0.1, -0.05) is 50.6 Å². The first kappa shape index (κ1) is 15.8. The second kappa shape index (κ2) is 7.44. The summed E-state index contributed by atoms with van der Waals surface area (Å²) in [5.74, 6) is 1.31. The Labute approximate surface area is 133 Å². The van der Waals surface area contributed by atoms with E-state index in [-0.39, 0.29) is 6.10 Å². The molecule has 0 bridgehead atoms. The molecule has 1 aliphatic carbocycles. The fourth-order valence-electron chi connectivity index (χ4n) is 3.03. The molecule has 1 aliphatic rings. The summed E-state index contributed by atoms with van der Waals surface area (Å²) in [4.78, 5) is 1.01. The molecule has 19 heavy (non-hydrogen) atoms. The first-order chi connectivity index (χ1) is 9.11. The highest BCUT2D eigenvalue weighted by Gasteiger charge is 2.28. The van der Waals surface area contributed by atoms with Crippen LogP contribution < -0.4 is 0 Å². The lowest BCUT2D eigenvalue weighted by Crippen LogP contribution is -2.20. The van der Waals surface area contributed by atoms with Crippen LogP contribution in [0, 0.1) is 11.8 Å². The highest BCUT2D eigenvalue weighted by molar-refractivity contribution is 9.10. The largest absolute Gasteiger partial charge is 0.387 e. The second-order valence-corrected chi connectivity index (χ2v) is 8.18. The average Bonchev–Trinajstić information content (AvgIpc) is 2.76. The highest BCUT2D eigenvalue weighted by Crippen LogP contribution is 2.43. The monoisotopic (exact) mass is 364 g/mol. The standard InChI is InChI=1S/C15H22BrClOS/c1-2-3-4-10-5-7-11(8-6-10)14(18)13-9-12(16)15(17)19-13/h9-11,14,18H,2-8H2,1H3. The van der Waals surface area contributed by atoms with E-state index in [4.69, 9.17) is 11.6 Å². The molecule has 1 N–H and O–H groups in total. The number of aliphatic hydroxyl groups is 1. The third kappa shape index (κ3) is 4.20. The smallest absolute Gasteiger partial charge is 0.107 e. The Morgan fingerprint density at radius 3 is 2.63 bits per heavy atom. The summed E-state index contributed by atoms with van der Waals surface area (Å²) >= 11 is 11.0. The van der Waals surface area contributed by atoms with Crippen molar-refractivity contribution in [2.45, 2.75) is 58.0 Å². The van der Waals surface area contributed by atoms with E-state index in [1.54, 1.807) is 0 Å². The molecule has 1 saturated carbocycles. The third-order valence-electron chi connectivity index (χ3n) is 4.26. The van der Waals surface area contributed by atoms with Gasteiger partial charge in [-0.15, -0.1) is 11.3 Å². The molecule has 0 spiro atoms. The predicted molar refractivity (Wildman–Crippen MR) is 87.0 cm³/mol. The van der Waals surface area contributed by atoms with Gasteiger partial charge in [-0.25, -0.2) is 0 Å². The normalized spacial score (nSPS) is 25.5. The number of hydrogen-bond acceptors (Lipinski definition) is 2. The van der Waals surface area contributed by atoms with E-state index < -0.39 is 0 Å². The summed E-state index contributed by atoms with van der Waals surface area (Å²) in [5, 5.41) is 10.5. The Morgan fingerprint density at radius 1 is 1.42 bits per heavy atom. The van der Waals surface area contributed by atoms with Gasteiger partial charge in [0.1, 0.15) is 4.34 Å². The van der Waals surface area contributed by atoms with E-state index in [1.807, 2.05) is 6.07 Å². The van der Waals surface area contributed by atoms with Crippen molar-refractivity contribution in [1.82, 2.24) is 0 Å². The number of hydrogen-bond donors (Lipinski definition) is 1. The molecule has 1 fully saturated rings. The molecule has 108 valence electrons. The molecule has 0 aliphatic heterocycles. The molecule has 1 aromatic heterocycles. The number of rotatable bonds is 5. The molecule has 2 rings (SSSR count). The lowest BCUT2D eigenvalue weighted by Gasteiger charge is -2.31. The van der Waals surface area contributed by atoms with Crippen LogP contribution in [0.25, 0.3) is 0 Å². The van der Waals surface area contributed by atoms with Gasteiger partial charge < -0.3 is 5.11 Å². The maximum absolute atomic E-state index is 10.5. The third-order valence-corrected chi connectivity index (χ3v) is 6.80. The first-order valence-electron chi connectivity index (χ1n) is 7.24. The Morgan fingerprint density at radius 2 is 2.11 bits per heavy atom. The van der Waals surface area contributed by atoms with E-state index in [0.717, 1.165) is 32.4 Å². The Kier molecular flexibility index (Phi) is 6.19. The lowest BCUT2D eigenvalue weighted by molar-refractivity contribution is 0.0747. The fraction of sp³-hybridized carbons (Fsp3) is 0.733. The van der Waals surface area contributed by atoms with E-state index in [2.05, 4.69) is 22.9 Å². The predicted octanol–water partition coefficient (Wildman–Crippen LogP) is 6.19. The van der Waals surface area contributed by atoms with Gasteiger partial charge in [-0.05, 0) is 46.7 Å². The zero-order chi connectivity index (χ0) is 13.8. The molecule has 1 heterocycles. The van der Waals surface area contributed by atoms with Crippen molar-refractivity contribution in [2.24, 2.45) is 11.8 Å². The minimum absolute atomic E-state index is 0.332. The van der Waals surface area contributed by atoms with Crippen molar-refractivity contribution >= 4 is 38.9 Å². The molecule has 1 atom stereocenters. The van der Waals surface area contributed by atoms with Crippen molar-refractivity contribution < 1.29 is 5.11 Å². The second-order valence-electron chi connectivity index (χ2n) is 5.64. The summed E-state index contributed by atoms with van der Waals surface area (Å²) in [5.41, 5.74) is 0. The van der Waals surface area contributed by atoms with Gasteiger partial charge >= 0.3 is 0 Å². The minimum atomic E-state index is -0.332. The van der Waals surface area contributed by atoms with E-state index in [0.29, 0.717) is 5.92 Å². The Hall–Kier alpha value is 0.430. The molecule has 1 nitrogen and oxygen atoms in total. The fourth-order valence-corrected chi connectivity index (χ4v) is 4.84. The van der Waals surface area contributed by atoms with Gasteiger partial charge in [0.05, 0.1) is 6.10 Å². The number of aliphatic hydroxyl groups excluding tert-OH is 1. The molecule has 1 unspecified atom stereocenters. The van der Waals surface area contributed by atoms with Crippen LogP contribution in [0.2, 0.25) is 4.34 Å². The van der Waals surface area contributed by atoms with Crippen molar-refractivity contribution in [3.63, 3.8) is 0 Å². The zero-order valence-corrected chi connectivity index (χ0v) is 14.5. The van der Waals surface area contributed by atoms with Gasteiger partial charge in [-0.2, -0.15) is 0 Å². The SMILES string of the molecule is CCCCC1CCC(C(O)c2cc(Br)c(Cl)s2)CC1. The van der Waals surface area contributed by atoms with Crippen molar-refractivity contribution in [1.29, 1.82) is 0 Å². The molecular weight excluding hydrogens is 344 g/mol. The summed E-state index contributed by atoms with van der Waals surface area (Å²) in [6, 6.07) is 1.97. The molecule has 0 radical (unpaired) electrons. The van der Waals surface area contributed by atoms with Gasteiger partial charge in [0, 0.05) is 9.35 Å². The quantitative estimate of drug-likeness (QED) is 0.659. The van der Waals surface area contributed by atoms with Crippen molar-refractivity contribution in [3.05, 3.63) is 19.8 Å². The van der Waals surface area contributed by atoms with Crippen LogP contribution in [-0.2, 0) is 0 Å². The van der Waals surface area contributed by atoms with Crippen molar-refractivity contribution in [3.8, 4) is 0 Å². The van der Waals surface area contributed by atoms with Gasteiger partial charge in [0.15, 0.2) is 0 Å². The molecule has 4 heteroatoms.